The van der Waals surface area contributed by atoms with Gasteiger partial charge in [-0.05, 0) is 10.4 Å². The van der Waals surface area contributed by atoms with Gasteiger partial charge in [-0.15, -0.1) is 5.10 Å². The van der Waals surface area contributed by atoms with Crippen LogP contribution in [0.1, 0.15) is 0 Å². The second-order valence-electron chi connectivity index (χ2n) is 1.74. The predicted octanol–water partition coefficient (Wildman–Crippen LogP) is -1.77. The van der Waals surface area contributed by atoms with Gasteiger partial charge in [0.05, 0.1) is 6.54 Å². The lowest BCUT2D eigenvalue weighted by molar-refractivity contribution is -0.115. The molecule has 1 rings (SSSR count). The fourth-order valence-corrected chi connectivity index (χ4v) is 0.499. The quantitative estimate of drug-likeness (QED) is 0.505. The summed E-state index contributed by atoms with van der Waals surface area (Å²) in [6.07, 6.45) is 0.734. The van der Waals surface area contributed by atoms with Crippen LogP contribution >= 0.6 is 0 Å². The van der Waals surface area contributed by atoms with E-state index in [0.29, 0.717) is 6.29 Å². The van der Waals surface area contributed by atoms with Gasteiger partial charge >= 0.3 is 0 Å². The van der Waals surface area contributed by atoms with E-state index >= 15 is 0 Å². The van der Waals surface area contributed by atoms with Crippen molar-refractivity contribution in [1.29, 1.82) is 0 Å². The van der Waals surface area contributed by atoms with Crippen molar-refractivity contribution in [1.82, 2.24) is 20.2 Å². The molecular formula is C4H6N4O2. The molecule has 0 saturated heterocycles. The van der Waals surface area contributed by atoms with E-state index in [0.717, 1.165) is 0 Å². The number of aliphatic hydroxyl groups is 1. The second kappa shape index (κ2) is 3.02. The first-order valence-electron chi connectivity index (χ1n) is 2.67. The summed E-state index contributed by atoms with van der Waals surface area (Å²) in [6.45, 7) is 0.108. The number of hydrogen-bond donors (Lipinski definition) is 1. The fraction of sp³-hybridized carbons (Fsp3) is 0.500. The highest BCUT2D eigenvalue weighted by molar-refractivity contribution is 5.55. The van der Waals surface area contributed by atoms with Crippen LogP contribution in [0.2, 0.25) is 0 Å². The Hall–Kier alpha value is -1.30. The van der Waals surface area contributed by atoms with E-state index in [1.54, 1.807) is 0 Å². The normalized spacial score (nSPS) is 12.9. The summed E-state index contributed by atoms with van der Waals surface area (Å²) in [5.74, 6) is 0. The second-order valence-corrected chi connectivity index (χ2v) is 1.74. The zero-order valence-electron chi connectivity index (χ0n) is 5.08. The van der Waals surface area contributed by atoms with Crippen molar-refractivity contribution in [2.75, 3.05) is 0 Å². The maximum Gasteiger partial charge on any atom is 0.150 e. The molecule has 0 saturated carbocycles. The van der Waals surface area contributed by atoms with Crippen LogP contribution < -0.4 is 0 Å². The van der Waals surface area contributed by atoms with Crippen LogP contribution in [0.25, 0.3) is 0 Å². The van der Waals surface area contributed by atoms with Crippen LogP contribution in [0.5, 0.6) is 0 Å². The van der Waals surface area contributed by atoms with Crippen LogP contribution in [-0.4, -0.2) is 37.7 Å². The number of aliphatic hydroxyl groups excluding tert-OH is 1. The van der Waals surface area contributed by atoms with E-state index in [2.05, 4.69) is 15.5 Å². The van der Waals surface area contributed by atoms with Crippen LogP contribution in [0.3, 0.4) is 0 Å². The van der Waals surface area contributed by atoms with Crippen molar-refractivity contribution < 1.29 is 9.90 Å². The molecule has 6 heteroatoms. The third-order valence-electron chi connectivity index (χ3n) is 0.923. The van der Waals surface area contributed by atoms with E-state index in [1.165, 1.54) is 11.0 Å². The third-order valence-corrected chi connectivity index (χ3v) is 0.923. The molecule has 0 aromatic carbocycles. The molecule has 1 unspecified atom stereocenters. The lowest BCUT2D eigenvalue weighted by atomic mass is 10.4. The summed E-state index contributed by atoms with van der Waals surface area (Å²) in [4.78, 5) is 9.90. The van der Waals surface area contributed by atoms with Crippen molar-refractivity contribution in [3.8, 4) is 0 Å². The number of aromatic nitrogens is 4. The molecule has 6 nitrogen and oxygen atoms in total. The standard InChI is InChI=1S/C4H6N4O2/c9-2-4(10)1-8-3-5-6-7-8/h2-4,10H,1H2. The van der Waals surface area contributed by atoms with Crippen LogP contribution in [0.4, 0.5) is 0 Å². The van der Waals surface area contributed by atoms with E-state index in [-0.39, 0.29) is 6.54 Å². The van der Waals surface area contributed by atoms with Crippen LogP contribution in [0, 0.1) is 0 Å². The average molecular weight is 142 g/mol. The summed E-state index contributed by atoms with van der Waals surface area (Å²) >= 11 is 0. The number of rotatable bonds is 3. The molecule has 1 aromatic heterocycles. The van der Waals surface area contributed by atoms with Gasteiger partial charge in [0, 0.05) is 0 Å². The predicted molar refractivity (Wildman–Crippen MR) is 29.9 cm³/mol. The number of hydrogen-bond acceptors (Lipinski definition) is 5. The Morgan fingerprint density at radius 1 is 1.80 bits per heavy atom. The molecule has 0 bridgehead atoms. The Labute approximate surface area is 56.5 Å². The highest BCUT2D eigenvalue weighted by atomic mass is 16.3. The average Bonchev–Trinajstić information content (AvgIpc) is 2.40. The maximum atomic E-state index is 9.90. The van der Waals surface area contributed by atoms with Gasteiger partial charge in [-0.2, -0.15) is 0 Å². The number of nitrogens with zero attached hydrogens (tertiary/aromatic N) is 4. The van der Waals surface area contributed by atoms with Gasteiger partial charge < -0.3 is 9.90 Å². The molecule has 0 aliphatic rings. The molecule has 0 amide bonds. The van der Waals surface area contributed by atoms with Gasteiger partial charge in [0.15, 0.2) is 0 Å². The van der Waals surface area contributed by atoms with Gasteiger partial charge in [-0.3, -0.25) is 0 Å². The molecule has 0 aliphatic heterocycles. The smallest absolute Gasteiger partial charge is 0.150 e. The Balaban J connectivity index is 2.47. The van der Waals surface area contributed by atoms with Crippen LogP contribution in [0.15, 0.2) is 6.33 Å². The minimum absolute atomic E-state index is 0.108. The van der Waals surface area contributed by atoms with Crippen LogP contribution in [-0.2, 0) is 11.3 Å². The van der Waals surface area contributed by atoms with Gasteiger partial charge in [0.2, 0.25) is 0 Å². The molecule has 0 fully saturated rings. The Kier molecular flexibility index (Phi) is 2.06. The molecule has 1 atom stereocenters. The third kappa shape index (κ3) is 1.59. The highest BCUT2D eigenvalue weighted by Crippen LogP contribution is 1.82. The fourth-order valence-electron chi connectivity index (χ4n) is 0.499. The van der Waals surface area contributed by atoms with Gasteiger partial charge in [-0.1, -0.05) is 0 Å². The maximum absolute atomic E-state index is 9.90. The summed E-state index contributed by atoms with van der Waals surface area (Å²) in [6, 6.07) is 0. The SMILES string of the molecule is O=CC(O)Cn1cnnn1. The zero-order chi connectivity index (χ0) is 7.40. The molecule has 54 valence electrons. The summed E-state index contributed by atoms with van der Waals surface area (Å²) in [5, 5.41) is 18.8. The molecule has 1 aromatic rings. The summed E-state index contributed by atoms with van der Waals surface area (Å²) in [5.41, 5.74) is 0. The Morgan fingerprint density at radius 2 is 2.60 bits per heavy atom. The van der Waals surface area contributed by atoms with Crippen molar-refractivity contribution in [2.45, 2.75) is 12.6 Å². The summed E-state index contributed by atoms with van der Waals surface area (Å²) in [7, 11) is 0. The van der Waals surface area contributed by atoms with Gasteiger partial charge in [0.1, 0.15) is 18.7 Å². The number of tetrazole rings is 1. The molecule has 0 spiro atoms. The molecule has 1 N–H and O–H groups in total. The largest absolute Gasteiger partial charge is 0.384 e. The van der Waals surface area contributed by atoms with E-state index in [4.69, 9.17) is 5.11 Å². The molecule has 0 aliphatic carbocycles. The molecule has 10 heavy (non-hydrogen) atoms. The first-order chi connectivity index (χ1) is 4.83. The minimum Gasteiger partial charge on any atom is -0.384 e. The molecular weight excluding hydrogens is 136 g/mol. The summed E-state index contributed by atoms with van der Waals surface area (Å²) < 4.78 is 1.28. The first kappa shape index (κ1) is 6.81. The Bertz CT molecular complexity index is 197. The zero-order valence-corrected chi connectivity index (χ0v) is 5.08. The molecule has 1 heterocycles. The van der Waals surface area contributed by atoms with Crippen molar-refractivity contribution in [3.63, 3.8) is 0 Å². The van der Waals surface area contributed by atoms with Gasteiger partial charge in [-0.25, -0.2) is 4.68 Å². The molecule has 0 radical (unpaired) electrons. The van der Waals surface area contributed by atoms with Crippen molar-refractivity contribution in [3.05, 3.63) is 6.33 Å². The monoisotopic (exact) mass is 142 g/mol. The van der Waals surface area contributed by atoms with E-state index in [1.807, 2.05) is 0 Å². The van der Waals surface area contributed by atoms with E-state index < -0.39 is 6.10 Å². The van der Waals surface area contributed by atoms with E-state index in [9.17, 15) is 4.79 Å². The topological polar surface area (TPSA) is 80.9 Å². The van der Waals surface area contributed by atoms with Gasteiger partial charge in [0.25, 0.3) is 0 Å². The van der Waals surface area contributed by atoms with Crippen molar-refractivity contribution >= 4 is 6.29 Å². The first-order valence-corrected chi connectivity index (χ1v) is 2.67. The lowest BCUT2D eigenvalue weighted by Crippen LogP contribution is -2.17. The number of carbonyl (C=O) groups excluding carboxylic acids is 1. The number of carbonyl (C=O) groups is 1. The minimum atomic E-state index is -1.02. The van der Waals surface area contributed by atoms with Crippen molar-refractivity contribution in [2.24, 2.45) is 0 Å². The Morgan fingerprint density at radius 3 is 3.10 bits per heavy atom. The lowest BCUT2D eigenvalue weighted by Gasteiger charge is -1.98. The number of aldehydes is 1. The highest BCUT2D eigenvalue weighted by Gasteiger charge is 2.02.